The van der Waals surface area contributed by atoms with Gasteiger partial charge in [0.25, 0.3) is 0 Å². The Morgan fingerprint density at radius 3 is 1.42 bits per heavy atom. The van der Waals surface area contributed by atoms with E-state index in [1.54, 1.807) is 17.1 Å². The van der Waals surface area contributed by atoms with Crippen LogP contribution in [0.25, 0.3) is 0 Å². The highest BCUT2D eigenvalue weighted by Gasteiger charge is 2.19. The second-order valence-corrected chi connectivity index (χ2v) is 8.49. The van der Waals surface area contributed by atoms with Crippen LogP contribution >= 0.6 is 7.82 Å². The van der Waals surface area contributed by atoms with Crippen LogP contribution < -0.4 is 0 Å². The van der Waals surface area contributed by atoms with E-state index in [4.69, 9.17) is 24.4 Å². The van der Waals surface area contributed by atoms with Gasteiger partial charge in [0, 0.05) is 19.6 Å². The number of aliphatic hydroxyl groups excluding tert-OH is 3. The molecule has 9 heteroatoms. The number of rotatable bonds is 20. The van der Waals surface area contributed by atoms with E-state index in [1.165, 1.54) is 51.0 Å². The highest BCUT2D eigenvalue weighted by atomic mass is 31.2. The maximum Gasteiger partial charge on any atom is 0.583 e. The monoisotopic (exact) mass is 467 g/mol. The van der Waals surface area contributed by atoms with Crippen molar-refractivity contribution in [3.63, 3.8) is 0 Å². The molecule has 31 heavy (non-hydrogen) atoms. The lowest BCUT2D eigenvalue weighted by molar-refractivity contribution is 0.136. The second-order valence-electron chi connectivity index (χ2n) is 7.13. The van der Waals surface area contributed by atoms with Crippen LogP contribution in [-0.2, 0) is 13.6 Å². The zero-order valence-corrected chi connectivity index (χ0v) is 20.4. The van der Waals surface area contributed by atoms with Gasteiger partial charge in [-0.3, -0.25) is 9.79 Å². The number of phosphoric acid groups is 1. The number of unbranched alkanes of at least 4 members (excludes halogenated alkanes) is 8. The van der Waals surface area contributed by atoms with Crippen molar-refractivity contribution >= 4 is 7.82 Å². The predicted octanol–water partition coefficient (Wildman–Crippen LogP) is 4.35. The van der Waals surface area contributed by atoms with Crippen LogP contribution in [0, 0.1) is 0 Å². The Balaban J connectivity index is 0. The first kappa shape index (κ1) is 32.3. The average Bonchev–Trinajstić information content (AvgIpc) is 2.73. The van der Waals surface area contributed by atoms with Crippen LogP contribution in [0.4, 0.5) is 0 Å². The SMILES string of the molecule is CCCCCCC=COP(=O)(O)OC=CCCCCCC.OCCN(CCO)CCO. The highest BCUT2D eigenvalue weighted by molar-refractivity contribution is 7.47. The first-order valence-corrected chi connectivity index (χ1v) is 13.0. The van der Waals surface area contributed by atoms with Crippen molar-refractivity contribution in [2.75, 3.05) is 39.5 Å². The fourth-order valence-electron chi connectivity index (χ4n) is 2.54. The molecule has 4 N–H and O–H groups in total. The lowest BCUT2D eigenvalue weighted by Crippen LogP contribution is -2.32. The van der Waals surface area contributed by atoms with Gasteiger partial charge >= 0.3 is 7.82 Å². The number of nitrogens with zero attached hydrogens (tertiary/aromatic N) is 1. The van der Waals surface area contributed by atoms with E-state index < -0.39 is 7.82 Å². The van der Waals surface area contributed by atoms with Gasteiger partial charge < -0.3 is 24.4 Å². The minimum Gasteiger partial charge on any atom is -0.404 e. The molecule has 0 saturated carbocycles. The van der Waals surface area contributed by atoms with Crippen LogP contribution in [0.2, 0.25) is 0 Å². The van der Waals surface area contributed by atoms with Crippen molar-refractivity contribution in [1.29, 1.82) is 0 Å². The third-order valence-corrected chi connectivity index (χ3v) is 5.05. The molecule has 0 radical (unpaired) electrons. The van der Waals surface area contributed by atoms with Gasteiger partial charge in [0.15, 0.2) is 0 Å². The minimum absolute atomic E-state index is 0.0694. The molecule has 0 heterocycles. The largest absolute Gasteiger partial charge is 0.583 e. The third kappa shape index (κ3) is 27.1. The van der Waals surface area contributed by atoms with Gasteiger partial charge in [0.05, 0.1) is 32.3 Å². The molecule has 0 rings (SSSR count). The van der Waals surface area contributed by atoms with Crippen molar-refractivity contribution in [3.8, 4) is 0 Å². The van der Waals surface area contributed by atoms with E-state index in [2.05, 4.69) is 13.8 Å². The molecule has 0 saturated heterocycles. The molecule has 0 aliphatic heterocycles. The lowest BCUT2D eigenvalue weighted by atomic mass is 10.2. The van der Waals surface area contributed by atoms with Crippen LogP contribution in [0.3, 0.4) is 0 Å². The van der Waals surface area contributed by atoms with E-state index in [0.29, 0.717) is 19.6 Å². The number of hydrogen-bond donors (Lipinski definition) is 4. The molecule has 0 aromatic rings. The van der Waals surface area contributed by atoms with E-state index in [1.807, 2.05) is 0 Å². The van der Waals surface area contributed by atoms with Gasteiger partial charge in [-0.1, -0.05) is 52.4 Å². The fourth-order valence-corrected chi connectivity index (χ4v) is 3.07. The zero-order valence-electron chi connectivity index (χ0n) is 19.5. The van der Waals surface area contributed by atoms with Gasteiger partial charge in [-0.05, 0) is 37.8 Å². The summed E-state index contributed by atoms with van der Waals surface area (Å²) in [5, 5.41) is 25.5. The van der Waals surface area contributed by atoms with Gasteiger partial charge in [-0.2, -0.15) is 0 Å². The summed E-state index contributed by atoms with van der Waals surface area (Å²) in [7, 11) is -3.99. The summed E-state index contributed by atoms with van der Waals surface area (Å²) in [5.41, 5.74) is 0. The molecule has 186 valence electrons. The molecule has 8 nitrogen and oxygen atoms in total. The summed E-state index contributed by atoms with van der Waals surface area (Å²) in [6.07, 6.45) is 17.1. The van der Waals surface area contributed by atoms with Crippen molar-refractivity contribution < 1.29 is 33.8 Å². The first-order valence-electron chi connectivity index (χ1n) is 11.5. The third-order valence-electron chi connectivity index (χ3n) is 4.28. The maximum atomic E-state index is 11.5. The Bertz CT molecular complexity index is 419. The summed E-state index contributed by atoms with van der Waals surface area (Å²) in [6.45, 7) is 6.08. The fraction of sp³-hybridized carbons (Fsp3) is 0.818. The van der Waals surface area contributed by atoms with Crippen molar-refractivity contribution in [3.05, 3.63) is 24.7 Å². The summed E-state index contributed by atoms with van der Waals surface area (Å²) in [6, 6.07) is 0. The smallest absolute Gasteiger partial charge is 0.404 e. The highest BCUT2D eigenvalue weighted by Crippen LogP contribution is 2.43. The molecule has 0 spiro atoms. The number of aliphatic hydroxyl groups is 3. The Kier molecular flexibility index (Phi) is 26.4. The summed E-state index contributed by atoms with van der Waals surface area (Å²) >= 11 is 0. The second kappa shape index (κ2) is 25.4. The standard InChI is InChI=1S/C16H31O4P.C6H15NO3/c1-3-5-7-9-11-13-15-19-21(17,18)20-16-14-12-10-8-6-4-2;8-4-1-7(2-5-9)3-6-10/h13-16H,3-12H2,1-2H3,(H,17,18);8-10H,1-6H2. The van der Waals surface area contributed by atoms with E-state index in [9.17, 15) is 9.46 Å². The first-order chi connectivity index (χ1) is 15.0. The lowest BCUT2D eigenvalue weighted by Gasteiger charge is -2.17. The van der Waals surface area contributed by atoms with Crippen LogP contribution in [0.15, 0.2) is 24.7 Å². The van der Waals surface area contributed by atoms with Gasteiger partial charge in [0.1, 0.15) is 0 Å². The Hall–Kier alpha value is -0.890. The van der Waals surface area contributed by atoms with Crippen LogP contribution in [-0.4, -0.2) is 64.6 Å². The van der Waals surface area contributed by atoms with Crippen LogP contribution in [0.1, 0.15) is 78.1 Å². The molecule has 0 aliphatic rings. The summed E-state index contributed by atoms with van der Waals surface area (Å²) in [5.74, 6) is 0. The molecule has 0 unspecified atom stereocenters. The molecule has 0 bridgehead atoms. The predicted molar refractivity (Wildman–Crippen MR) is 125 cm³/mol. The minimum atomic E-state index is -3.99. The van der Waals surface area contributed by atoms with E-state index >= 15 is 0 Å². The van der Waals surface area contributed by atoms with Gasteiger partial charge in [-0.15, -0.1) is 0 Å². The number of hydrogen-bond acceptors (Lipinski definition) is 7. The molecule has 0 atom stereocenters. The average molecular weight is 468 g/mol. The molecule has 0 amide bonds. The van der Waals surface area contributed by atoms with Gasteiger partial charge in [-0.25, -0.2) is 4.57 Å². The van der Waals surface area contributed by atoms with Gasteiger partial charge in [0.2, 0.25) is 0 Å². The number of allylic oxidation sites excluding steroid dienone is 2. The Labute approximate surface area is 189 Å². The Morgan fingerprint density at radius 1 is 0.710 bits per heavy atom. The van der Waals surface area contributed by atoms with E-state index in [0.717, 1.165) is 25.7 Å². The summed E-state index contributed by atoms with van der Waals surface area (Å²) < 4.78 is 21.0. The number of phosphoric ester groups is 1. The quantitative estimate of drug-likeness (QED) is 0.118. The molecule has 0 aromatic carbocycles. The van der Waals surface area contributed by atoms with Crippen molar-refractivity contribution in [1.82, 2.24) is 4.90 Å². The zero-order chi connectivity index (χ0) is 23.6. The van der Waals surface area contributed by atoms with E-state index in [-0.39, 0.29) is 19.8 Å². The van der Waals surface area contributed by atoms with Crippen molar-refractivity contribution in [2.24, 2.45) is 0 Å². The maximum absolute atomic E-state index is 11.5. The molecule has 0 fully saturated rings. The molecular weight excluding hydrogens is 421 g/mol. The van der Waals surface area contributed by atoms with Crippen molar-refractivity contribution in [2.45, 2.75) is 78.1 Å². The molecule has 0 aliphatic carbocycles. The molecule has 0 aromatic heterocycles. The normalized spacial score (nSPS) is 13.4. The molecular formula is C22H46NO7P. The Morgan fingerprint density at radius 2 is 1.10 bits per heavy atom. The van der Waals surface area contributed by atoms with Crippen LogP contribution in [0.5, 0.6) is 0 Å². The topological polar surface area (TPSA) is 120 Å². The summed E-state index contributed by atoms with van der Waals surface area (Å²) in [4.78, 5) is 11.2.